The van der Waals surface area contributed by atoms with Crippen molar-refractivity contribution < 1.29 is 9.90 Å². The molecule has 0 fully saturated rings. The second-order valence-electron chi connectivity index (χ2n) is 3.57. The molecule has 0 bridgehead atoms. The third-order valence-electron chi connectivity index (χ3n) is 2.28. The van der Waals surface area contributed by atoms with Gasteiger partial charge in [0, 0.05) is 0 Å². The van der Waals surface area contributed by atoms with Crippen LogP contribution in [0.2, 0.25) is 0 Å². The highest BCUT2D eigenvalue weighted by Gasteiger charge is 2.11. The Morgan fingerprint density at radius 2 is 2.06 bits per heavy atom. The lowest BCUT2D eigenvalue weighted by molar-refractivity contribution is 0.0678. The molecule has 16 heavy (non-hydrogen) atoms. The van der Waals surface area contributed by atoms with Crippen molar-refractivity contribution in [3.63, 3.8) is 0 Å². The molecule has 5 nitrogen and oxygen atoms in total. The van der Waals surface area contributed by atoms with Gasteiger partial charge in [-0.3, -0.25) is 0 Å². The number of hydrogen-bond acceptors (Lipinski definition) is 3. The number of carboxylic acid groups (broad SMARTS) is 1. The zero-order valence-corrected chi connectivity index (χ0v) is 8.79. The zero-order chi connectivity index (χ0) is 11.5. The molecule has 2 rings (SSSR count). The first-order valence-corrected chi connectivity index (χ1v) is 4.83. The molecule has 0 amide bonds. The van der Waals surface area contributed by atoms with Crippen molar-refractivity contribution >= 4 is 5.97 Å². The quantitative estimate of drug-likeness (QED) is 0.842. The summed E-state index contributed by atoms with van der Waals surface area (Å²) in [6, 6.07) is 7.89. The maximum absolute atomic E-state index is 10.8. The van der Waals surface area contributed by atoms with Crippen LogP contribution in [-0.4, -0.2) is 25.8 Å². The first-order valence-electron chi connectivity index (χ1n) is 4.83. The zero-order valence-electron chi connectivity index (χ0n) is 8.79. The Labute approximate surface area is 92.4 Å². The van der Waals surface area contributed by atoms with Gasteiger partial charge >= 0.3 is 5.97 Å². The molecule has 5 heteroatoms. The van der Waals surface area contributed by atoms with E-state index in [0.717, 1.165) is 5.56 Å². The minimum atomic E-state index is -1.07. The highest BCUT2D eigenvalue weighted by atomic mass is 16.4. The predicted octanol–water partition coefficient (Wildman–Crippen LogP) is 1.33. The second-order valence-corrected chi connectivity index (χ2v) is 3.57. The van der Waals surface area contributed by atoms with Gasteiger partial charge in [-0.2, -0.15) is 0 Å². The third-order valence-corrected chi connectivity index (χ3v) is 2.28. The van der Waals surface area contributed by atoms with Gasteiger partial charge in [-0.05, 0) is 12.5 Å². The molecule has 2 aromatic rings. The van der Waals surface area contributed by atoms with E-state index in [-0.39, 0.29) is 5.82 Å². The largest absolute Gasteiger partial charge is 0.475 e. The molecular weight excluding hydrogens is 206 g/mol. The fraction of sp³-hybridized carbons (Fsp3) is 0.182. The molecule has 0 saturated carbocycles. The molecule has 1 N–H and O–H groups in total. The topological polar surface area (TPSA) is 68.0 Å². The van der Waals surface area contributed by atoms with Crippen molar-refractivity contribution in [2.24, 2.45) is 0 Å². The summed E-state index contributed by atoms with van der Waals surface area (Å²) in [6.07, 6.45) is 1.42. The van der Waals surface area contributed by atoms with Gasteiger partial charge in [-0.25, -0.2) is 4.79 Å². The van der Waals surface area contributed by atoms with Crippen LogP contribution in [0.3, 0.4) is 0 Å². The SMILES string of the molecule is Cc1ccc(Cn2cnnc2C(=O)O)cc1. The molecule has 0 unspecified atom stereocenters. The lowest BCUT2D eigenvalue weighted by Gasteiger charge is -2.04. The van der Waals surface area contributed by atoms with Crippen LogP contribution in [0.1, 0.15) is 21.7 Å². The van der Waals surface area contributed by atoms with Gasteiger partial charge in [0.25, 0.3) is 0 Å². The van der Waals surface area contributed by atoms with Crippen molar-refractivity contribution in [3.05, 3.63) is 47.5 Å². The van der Waals surface area contributed by atoms with Gasteiger partial charge < -0.3 is 9.67 Å². The summed E-state index contributed by atoms with van der Waals surface area (Å²) in [4.78, 5) is 10.8. The molecule has 0 spiro atoms. The van der Waals surface area contributed by atoms with Gasteiger partial charge in [-0.15, -0.1) is 10.2 Å². The van der Waals surface area contributed by atoms with Crippen molar-refractivity contribution in [3.8, 4) is 0 Å². The average molecular weight is 217 g/mol. The van der Waals surface area contributed by atoms with Crippen molar-refractivity contribution in [2.75, 3.05) is 0 Å². The van der Waals surface area contributed by atoms with E-state index < -0.39 is 5.97 Å². The van der Waals surface area contributed by atoms with Crippen molar-refractivity contribution in [1.29, 1.82) is 0 Å². The number of nitrogens with zero attached hydrogens (tertiary/aromatic N) is 3. The van der Waals surface area contributed by atoms with Crippen LogP contribution in [0.15, 0.2) is 30.6 Å². The summed E-state index contributed by atoms with van der Waals surface area (Å²) < 4.78 is 1.51. The monoisotopic (exact) mass is 217 g/mol. The highest BCUT2D eigenvalue weighted by Crippen LogP contribution is 2.06. The molecule has 1 aromatic carbocycles. The standard InChI is InChI=1S/C11H11N3O2/c1-8-2-4-9(5-3-8)6-14-7-12-13-10(14)11(15)16/h2-5,7H,6H2,1H3,(H,15,16). The second kappa shape index (κ2) is 4.14. The predicted molar refractivity (Wildman–Crippen MR) is 57.3 cm³/mol. The van der Waals surface area contributed by atoms with E-state index in [1.807, 2.05) is 31.2 Å². The number of carboxylic acids is 1. The lowest BCUT2D eigenvalue weighted by Crippen LogP contribution is -2.09. The molecule has 1 heterocycles. The molecule has 1 aromatic heterocycles. The van der Waals surface area contributed by atoms with Crippen LogP contribution < -0.4 is 0 Å². The van der Waals surface area contributed by atoms with Crippen LogP contribution in [0.25, 0.3) is 0 Å². The molecule has 0 aliphatic carbocycles. The normalized spacial score (nSPS) is 10.3. The molecule has 0 saturated heterocycles. The van der Waals surface area contributed by atoms with Gasteiger partial charge in [0.05, 0.1) is 6.54 Å². The van der Waals surface area contributed by atoms with Crippen LogP contribution in [0.5, 0.6) is 0 Å². The van der Waals surface area contributed by atoms with Crippen LogP contribution in [0.4, 0.5) is 0 Å². The van der Waals surface area contributed by atoms with Crippen LogP contribution in [0, 0.1) is 6.92 Å². The lowest BCUT2D eigenvalue weighted by atomic mass is 10.1. The number of aryl methyl sites for hydroxylation is 1. The van der Waals surface area contributed by atoms with E-state index in [1.165, 1.54) is 16.5 Å². The van der Waals surface area contributed by atoms with Crippen LogP contribution >= 0.6 is 0 Å². The van der Waals surface area contributed by atoms with Gasteiger partial charge in [-0.1, -0.05) is 29.8 Å². The summed E-state index contributed by atoms with van der Waals surface area (Å²) in [5.74, 6) is -1.11. The number of aromatic nitrogens is 3. The third kappa shape index (κ3) is 2.08. The summed E-state index contributed by atoms with van der Waals surface area (Å²) in [7, 11) is 0. The minimum absolute atomic E-state index is 0.0411. The fourth-order valence-electron chi connectivity index (χ4n) is 1.43. The molecule has 0 aliphatic heterocycles. The maximum Gasteiger partial charge on any atom is 0.374 e. The van der Waals surface area contributed by atoms with Crippen molar-refractivity contribution in [2.45, 2.75) is 13.5 Å². The van der Waals surface area contributed by atoms with E-state index >= 15 is 0 Å². The molecule has 0 atom stereocenters. The Morgan fingerprint density at radius 3 is 2.69 bits per heavy atom. The Hall–Kier alpha value is -2.17. The number of rotatable bonds is 3. The summed E-state index contributed by atoms with van der Waals surface area (Å²) >= 11 is 0. The molecule has 0 aliphatic rings. The van der Waals surface area contributed by atoms with E-state index in [0.29, 0.717) is 6.54 Å². The summed E-state index contributed by atoms with van der Waals surface area (Å²) in [5, 5.41) is 16.0. The fourth-order valence-corrected chi connectivity index (χ4v) is 1.43. The summed E-state index contributed by atoms with van der Waals surface area (Å²) in [5.41, 5.74) is 2.19. The first-order chi connectivity index (χ1) is 7.66. The maximum atomic E-state index is 10.8. The van der Waals surface area contributed by atoms with Gasteiger partial charge in [0.15, 0.2) is 0 Å². The average Bonchev–Trinajstić information content (AvgIpc) is 2.69. The minimum Gasteiger partial charge on any atom is -0.475 e. The molecular formula is C11H11N3O2. The Morgan fingerprint density at radius 1 is 1.38 bits per heavy atom. The Balaban J connectivity index is 2.23. The smallest absolute Gasteiger partial charge is 0.374 e. The Bertz CT molecular complexity index is 502. The molecule has 82 valence electrons. The highest BCUT2D eigenvalue weighted by molar-refractivity contribution is 5.83. The van der Waals surface area contributed by atoms with Gasteiger partial charge in [0.2, 0.25) is 5.82 Å². The van der Waals surface area contributed by atoms with Gasteiger partial charge in [0.1, 0.15) is 6.33 Å². The van der Waals surface area contributed by atoms with E-state index in [1.54, 1.807) is 0 Å². The summed E-state index contributed by atoms with van der Waals surface area (Å²) in [6.45, 7) is 2.47. The van der Waals surface area contributed by atoms with E-state index in [9.17, 15) is 4.79 Å². The Kier molecular flexibility index (Phi) is 2.68. The number of aromatic carboxylic acids is 1. The number of benzene rings is 1. The van der Waals surface area contributed by atoms with E-state index in [4.69, 9.17) is 5.11 Å². The first kappa shape index (κ1) is 10.4. The number of hydrogen-bond donors (Lipinski definition) is 1. The number of carbonyl (C=O) groups is 1. The molecule has 0 radical (unpaired) electrons. The van der Waals surface area contributed by atoms with E-state index in [2.05, 4.69) is 10.2 Å². The van der Waals surface area contributed by atoms with Crippen LogP contribution in [-0.2, 0) is 6.54 Å². The van der Waals surface area contributed by atoms with Crippen molar-refractivity contribution in [1.82, 2.24) is 14.8 Å².